The number of amides is 1. The molecule has 3 heterocycles. The van der Waals surface area contributed by atoms with Crippen LogP contribution in [0.5, 0.6) is 5.75 Å². The molecule has 1 saturated carbocycles. The lowest BCUT2D eigenvalue weighted by molar-refractivity contribution is 0.0952. The number of pyridine rings is 1. The molecule has 0 unspecified atom stereocenters. The predicted molar refractivity (Wildman–Crippen MR) is 148 cm³/mol. The zero-order valence-corrected chi connectivity index (χ0v) is 21.7. The number of aromatic nitrogens is 5. The molecule has 10 nitrogen and oxygen atoms in total. The fourth-order valence-corrected chi connectivity index (χ4v) is 4.64. The molecule has 1 fully saturated rings. The molecule has 0 spiro atoms. The number of fused-ring (bicyclic) bond motifs is 1. The summed E-state index contributed by atoms with van der Waals surface area (Å²) in [5, 5.41) is 9.88. The molecule has 0 radical (unpaired) electrons. The highest BCUT2D eigenvalue weighted by molar-refractivity contribution is 5.93. The van der Waals surface area contributed by atoms with Gasteiger partial charge in [0.15, 0.2) is 11.5 Å². The van der Waals surface area contributed by atoms with Crippen molar-refractivity contribution in [1.82, 2.24) is 30.2 Å². The average molecular weight is 515 g/mol. The standard InChI is InChI=1S/C28H34N8O2/c1-19-17-22(38-16-6-5-13-30-27(37)20-11-14-29-15-12-20)9-10-23(19)34-28-35-25-24(31-18-32-25)26(36-28)33-21-7-3-2-4-8-21/h9-12,14-15,17-18,21H,2-8,13,16H2,1H3,(H,30,37)(H3,31,32,33,34,35,36). The van der Waals surface area contributed by atoms with Crippen molar-refractivity contribution in [1.29, 1.82) is 0 Å². The number of nitrogens with zero attached hydrogens (tertiary/aromatic N) is 4. The minimum absolute atomic E-state index is 0.0839. The maximum atomic E-state index is 12.1. The van der Waals surface area contributed by atoms with E-state index < -0.39 is 0 Å². The SMILES string of the molecule is Cc1cc(OCCCCNC(=O)c2ccncc2)ccc1Nc1nc(NC2CCCCC2)c2[nH]cnc2n1. The van der Waals surface area contributed by atoms with E-state index in [4.69, 9.17) is 9.72 Å². The summed E-state index contributed by atoms with van der Waals surface area (Å²) in [5.74, 6) is 2.02. The highest BCUT2D eigenvalue weighted by atomic mass is 16.5. The lowest BCUT2D eigenvalue weighted by atomic mass is 9.95. The lowest BCUT2D eigenvalue weighted by Gasteiger charge is -2.23. The normalized spacial score (nSPS) is 13.8. The number of rotatable bonds is 11. The third-order valence-corrected chi connectivity index (χ3v) is 6.74. The maximum Gasteiger partial charge on any atom is 0.251 e. The zero-order chi connectivity index (χ0) is 26.2. The van der Waals surface area contributed by atoms with Crippen LogP contribution in [0, 0.1) is 6.92 Å². The number of ether oxygens (including phenoxy) is 1. The van der Waals surface area contributed by atoms with Crippen LogP contribution in [0.2, 0.25) is 0 Å². The highest BCUT2D eigenvalue weighted by Crippen LogP contribution is 2.28. The summed E-state index contributed by atoms with van der Waals surface area (Å²) >= 11 is 0. The molecule has 4 aromatic rings. The van der Waals surface area contributed by atoms with Gasteiger partial charge in [-0.3, -0.25) is 9.78 Å². The second-order valence-electron chi connectivity index (χ2n) is 9.63. The second kappa shape index (κ2) is 12.4. The summed E-state index contributed by atoms with van der Waals surface area (Å²) in [7, 11) is 0. The van der Waals surface area contributed by atoms with Crippen molar-refractivity contribution >= 4 is 34.5 Å². The Bertz CT molecular complexity index is 1350. The van der Waals surface area contributed by atoms with Gasteiger partial charge in [-0.05, 0) is 68.5 Å². The smallest absolute Gasteiger partial charge is 0.251 e. The Morgan fingerprint density at radius 2 is 1.92 bits per heavy atom. The number of hydrogen-bond donors (Lipinski definition) is 4. The van der Waals surface area contributed by atoms with Crippen LogP contribution in [0.4, 0.5) is 17.5 Å². The first kappa shape index (κ1) is 25.4. The van der Waals surface area contributed by atoms with Crippen LogP contribution in [0.1, 0.15) is 60.9 Å². The van der Waals surface area contributed by atoms with E-state index in [9.17, 15) is 4.79 Å². The Morgan fingerprint density at radius 3 is 2.74 bits per heavy atom. The number of nitrogens with one attached hydrogen (secondary N) is 4. The Morgan fingerprint density at radius 1 is 1.08 bits per heavy atom. The van der Waals surface area contributed by atoms with Gasteiger partial charge in [0.2, 0.25) is 5.95 Å². The van der Waals surface area contributed by atoms with Gasteiger partial charge in [-0.2, -0.15) is 9.97 Å². The minimum Gasteiger partial charge on any atom is -0.494 e. The van der Waals surface area contributed by atoms with Crippen molar-refractivity contribution in [2.24, 2.45) is 0 Å². The molecule has 0 saturated heterocycles. The molecule has 1 aromatic carbocycles. The third kappa shape index (κ3) is 6.56. The fraction of sp³-hybridized carbons (Fsp3) is 0.393. The number of aromatic amines is 1. The van der Waals surface area contributed by atoms with E-state index in [-0.39, 0.29) is 5.91 Å². The number of hydrogen-bond acceptors (Lipinski definition) is 8. The first-order valence-corrected chi connectivity index (χ1v) is 13.3. The van der Waals surface area contributed by atoms with Crippen molar-refractivity contribution in [3.8, 4) is 5.75 Å². The minimum atomic E-state index is -0.0839. The van der Waals surface area contributed by atoms with Crippen molar-refractivity contribution in [2.75, 3.05) is 23.8 Å². The summed E-state index contributed by atoms with van der Waals surface area (Å²) in [6, 6.07) is 9.75. The van der Waals surface area contributed by atoms with E-state index in [2.05, 4.69) is 35.9 Å². The topological polar surface area (TPSA) is 130 Å². The third-order valence-electron chi connectivity index (χ3n) is 6.74. The Kier molecular flexibility index (Phi) is 8.27. The summed E-state index contributed by atoms with van der Waals surface area (Å²) in [6.07, 6.45) is 12.7. The number of imidazole rings is 1. The number of benzene rings is 1. The molecule has 198 valence electrons. The van der Waals surface area contributed by atoms with Gasteiger partial charge in [-0.1, -0.05) is 19.3 Å². The van der Waals surface area contributed by atoms with Gasteiger partial charge in [0, 0.05) is 36.2 Å². The molecular formula is C28H34N8O2. The molecule has 1 aliphatic rings. The molecular weight excluding hydrogens is 480 g/mol. The van der Waals surface area contributed by atoms with Crippen molar-refractivity contribution in [3.05, 3.63) is 60.2 Å². The largest absolute Gasteiger partial charge is 0.494 e. The van der Waals surface area contributed by atoms with Crippen molar-refractivity contribution < 1.29 is 9.53 Å². The molecule has 1 amide bonds. The van der Waals surface area contributed by atoms with Crippen LogP contribution < -0.4 is 20.7 Å². The van der Waals surface area contributed by atoms with Gasteiger partial charge in [-0.25, -0.2) is 4.98 Å². The second-order valence-corrected chi connectivity index (χ2v) is 9.63. The van der Waals surface area contributed by atoms with Gasteiger partial charge < -0.3 is 25.7 Å². The number of aryl methyl sites for hydroxylation is 1. The van der Waals surface area contributed by atoms with Crippen LogP contribution in [0.25, 0.3) is 11.2 Å². The molecule has 0 aliphatic heterocycles. The van der Waals surface area contributed by atoms with E-state index in [0.717, 1.165) is 54.0 Å². The monoisotopic (exact) mass is 514 g/mol. The summed E-state index contributed by atoms with van der Waals surface area (Å²) in [6.45, 7) is 3.20. The van der Waals surface area contributed by atoms with Crippen LogP contribution in [0.15, 0.2) is 49.1 Å². The van der Waals surface area contributed by atoms with Crippen molar-refractivity contribution in [2.45, 2.75) is 57.9 Å². The number of H-pyrrole nitrogens is 1. The Balaban J connectivity index is 1.12. The molecule has 1 aliphatic carbocycles. The molecule has 0 bridgehead atoms. The first-order valence-electron chi connectivity index (χ1n) is 13.3. The Labute approximate surface area is 222 Å². The van der Waals surface area contributed by atoms with Gasteiger partial charge in [0.05, 0.1) is 12.9 Å². The van der Waals surface area contributed by atoms with Crippen molar-refractivity contribution in [3.63, 3.8) is 0 Å². The van der Waals surface area contributed by atoms with E-state index >= 15 is 0 Å². The number of unbranched alkanes of at least 4 members (excludes halogenated alkanes) is 1. The Hall–Kier alpha value is -4.21. The van der Waals surface area contributed by atoms with E-state index in [1.54, 1.807) is 30.9 Å². The molecule has 3 aromatic heterocycles. The van der Waals surface area contributed by atoms with Crippen LogP contribution in [0.3, 0.4) is 0 Å². The predicted octanol–water partition coefficient (Wildman–Crippen LogP) is 5.13. The molecule has 10 heteroatoms. The zero-order valence-electron chi connectivity index (χ0n) is 21.7. The number of carbonyl (C=O) groups excluding carboxylic acids is 1. The highest BCUT2D eigenvalue weighted by Gasteiger charge is 2.17. The van der Waals surface area contributed by atoms with E-state index in [0.29, 0.717) is 36.4 Å². The van der Waals surface area contributed by atoms with Gasteiger partial charge >= 0.3 is 0 Å². The van der Waals surface area contributed by atoms with Gasteiger partial charge in [0.25, 0.3) is 5.91 Å². The number of carbonyl (C=O) groups is 1. The molecule has 38 heavy (non-hydrogen) atoms. The van der Waals surface area contributed by atoms with E-state index in [1.807, 2.05) is 25.1 Å². The molecule has 0 atom stereocenters. The summed E-state index contributed by atoms with van der Waals surface area (Å²) in [4.78, 5) is 32.9. The van der Waals surface area contributed by atoms with Crippen LogP contribution in [-0.2, 0) is 0 Å². The lowest BCUT2D eigenvalue weighted by Crippen LogP contribution is -2.24. The molecule has 4 N–H and O–H groups in total. The maximum absolute atomic E-state index is 12.1. The van der Waals surface area contributed by atoms with E-state index in [1.165, 1.54) is 19.3 Å². The fourth-order valence-electron chi connectivity index (χ4n) is 4.64. The van der Waals surface area contributed by atoms with Gasteiger partial charge in [0.1, 0.15) is 11.3 Å². The van der Waals surface area contributed by atoms with Crippen LogP contribution in [-0.4, -0.2) is 50.0 Å². The first-order chi connectivity index (χ1) is 18.7. The summed E-state index contributed by atoms with van der Waals surface area (Å²) in [5.41, 5.74) is 4.02. The molecule has 5 rings (SSSR count). The van der Waals surface area contributed by atoms with Gasteiger partial charge in [-0.15, -0.1) is 0 Å². The van der Waals surface area contributed by atoms with Crippen LogP contribution >= 0.6 is 0 Å². The summed E-state index contributed by atoms with van der Waals surface area (Å²) < 4.78 is 5.93. The number of anilines is 3. The quantitative estimate of drug-likeness (QED) is 0.203. The average Bonchev–Trinajstić information content (AvgIpc) is 3.42.